The molecule has 2 heterocycles. The lowest BCUT2D eigenvalue weighted by Gasteiger charge is -2.29. The molecule has 1 aromatic heterocycles. The van der Waals surface area contributed by atoms with Crippen molar-refractivity contribution in [2.45, 2.75) is 19.5 Å². The van der Waals surface area contributed by atoms with Gasteiger partial charge in [-0.2, -0.15) is 0 Å². The molecule has 0 saturated heterocycles. The Bertz CT molecular complexity index is 1250. The molecule has 31 heavy (non-hydrogen) atoms. The molecule has 4 aromatic rings. The molecule has 0 radical (unpaired) electrons. The molecule has 0 bridgehead atoms. The van der Waals surface area contributed by atoms with Gasteiger partial charge in [-0.1, -0.05) is 77.8 Å². The summed E-state index contributed by atoms with van der Waals surface area (Å²) in [6.45, 7) is 2.00. The van der Waals surface area contributed by atoms with Crippen LogP contribution >= 0.6 is 23.2 Å². The molecule has 0 unspecified atom stereocenters. The second kappa shape index (κ2) is 8.29. The van der Waals surface area contributed by atoms with Crippen LogP contribution < -0.4 is 5.32 Å². The molecular formula is C25H21Cl2N3O. The fourth-order valence-corrected chi connectivity index (χ4v) is 4.82. The Balaban J connectivity index is 1.46. The first-order valence-electron chi connectivity index (χ1n) is 10.2. The molecule has 2 amide bonds. The maximum atomic E-state index is 13.0. The van der Waals surface area contributed by atoms with E-state index in [0.29, 0.717) is 28.8 Å². The summed E-state index contributed by atoms with van der Waals surface area (Å²) in [5.74, 6) is 0. The summed E-state index contributed by atoms with van der Waals surface area (Å²) < 4.78 is 2.39. The number of hydrogen-bond acceptors (Lipinski definition) is 1. The van der Waals surface area contributed by atoms with Crippen LogP contribution in [0.1, 0.15) is 16.8 Å². The van der Waals surface area contributed by atoms with Crippen molar-refractivity contribution in [2.24, 2.45) is 0 Å². The van der Waals surface area contributed by atoms with Crippen molar-refractivity contribution in [1.82, 2.24) is 9.47 Å². The van der Waals surface area contributed by atoms with Gasteiger partial charge in [0.05, 0.1) is 15.7 Å². The summed E-state index contributed by atoms with van der Waals surface area (Å²) in [5.41, 5.74) is 5.42. The quantitative estimate of drug-likeness (QED) is 0.376. The van der Waals surface area contributed by atoms with E-state index in [1.165, 1.54) is 27.7 Å². The number of nitrogens with zero attached hydrogens (tertiary/aromatic N) is 2. The topological polar surface area (TPSA) is 37.3 Å². The van der Waals surface area contributed by atoms with Gasteiger partial charge in [0.15, 0.2) is 0 Å². The Morgan fingerprint density at radius 2 is 1.61 bits per heavy atom. The molecule has 3 aromatic carbocycles. The zero-order chi connectivity index (χ0) is 21.4. The summed E-state index contributed by atoms with van der Waals surface area (Å²) >= 11 is 12.5. The molecule has 1 aliphatic rings. The normalized spacial score (nSPS) is 13.3. The molecule has 0 atom stereocenters. The van der Waals surface area contributed by atoms with Gasteiger partial charge >= 0.3 is 6.03 Å². The molecule has 1 aliphatic heterocycles. The van der Waals surface area contributed by atoms with Crippen LogP contribution in [-0.2, 0) is 19.5 Å². The van der Waals surface area contributed by atoms with Gasteiger partial charge in [-0.25, -0.2) is 4.79 Å². The zero-order valence-electron chi connectivity index (χ0n) is 16.8. The smallest absolute Gasteiger partial charge is 0.322 e. The standard InChI is InChI=1S/C25H21Cl2N3O/c26-20-10-6-11-21(27)24(20)28-25(31)29-14-13-23-19(16-29)18-9-4-5-12-22(18)30(23)15-17-7-2-1-3-8-17/h1-12H,13-16H2,(H,28,31). The van der Waals surface area contributed by atoms with E-state index in [0.717, 1.165) is 13.0 Å². The van der Waals surface area contributed by atoms with E-state index < -0.39 is 0 Å². The Labute approximate surface area is 191 Å². The van der Waals surface area contributed by atoms with Crippen LogP contribution in [0.2, 0.25) is 10.0 Å². The molecule has 6 heteroatoms. The van der Waals surface area contributed by atoms with Gasteiger partial charge in [0.1, 0.15) is 0 Å². The predicted octanol–water partition coefficient (Wildman–Crippen LogP) is 6.59. The monoisotopic (exact) mass is 449 g/mol. The number of para-hydroxylation sites is 2. The van der Waals surface area contributed by atoms with E-state index >= 15 is 0 Å². The fourth-order valence-electron chi connectivity index (χ4n) is 4.32. The van der Waals surface area contributed by atoms with E-state index in [9.17, 15) is 4.79 Å². The molecule has 0 fully saturated rings. The molecule has 0 saturated carbocycles. The van der Waals surface area contributed by atoms with Crippen LogP contribution in [0.15, 0.2) is 72.8 Å². The van der Waals surface area contributed by atoms with Gasteiger partial charge in [0, 0.05) is 48.2 Å². The van der Waals surface area contributed by atoms with Crippen molar-refractivity contribution in [3.05, 3.63) is 99.7 Å². The van der Waals surface area contributed by atoms with Gasteiger partial charge < -0.3 is 14.8 Å². The number of urea groups is 1. The zero-order valence-corrected chi connectivity index (χ0v) is 18.3. The Morgan fingerprint density at radius 3 is 2.39 bits per heavy atom. The second-order valence-corrected chi connectivity index (χ2v) is 8.53. The highest BCUT2D eigenvalue weighted by Crippen LogP contribution is 2.33. The van der Waals surface area contributed by atoms with Crippen LogP contribution in [0.4, 0.5) is 10.5 Å². The number of rotatable bonds is 3. The Kier molecular flexibility index (Phi) is 5.34. The van der Waals surface area contributed by atoms with Crippen molar-refractivity contribution in [1.29, 1.82) is 0 Å². The molecule has 0 aliphatic carbocycles. The first kappa shape index (κ1) is 20.0. The molecule has 4 nitrogen and oxygen atoms in total. The summed E-state index contributed by atoms with van der Waals surface area (Å²) in [5, 5.41) is 4.94. The number of carbonyl (C=O) groups excluding carboxylic acids is 1. The Morgan fingerprint density at radius 1 is 0.903 bits per heavy atom. The van der Waals surface area contributed by atoms with Crippen molar-refractivity contribution in [2.75, 3.05) is 11.9 Å². The number of nitrogens with one attached hydrogen (secondary N) is 1. The molecular weight excluding hydrogens is 429 g/mol. The van der Waals surface area contributed by atoms with E-state index in [4.69, 9.17) is 23.2 Å². The fraction of sp³-hybridized carbons (Fsp3) is 0.160. The minimum Gasteiger partial charge on any atom is -0.340 e. The highest BCUT2D eigenvalue weighted by molar-refractivity contribution is 6.39. The van der Waals surface area contributed by atoms with Crippen molar-refractivity contribution < 1.29 is 4.79 Å². The highest BCUT2D eigenvalue weighted by atomic mass is 35.5. The molecule has 5 rings (SSSR count). The first-order valence-corrected chi connectivity index (χ1v) is 11.0. The number of fused-ring (bicyclic) bond motifs is 3. The SMILES string of the molecule is O=C(Nc1c(Cl)cccc1Cl)N1CCc2c(c3ccccc3n2Cc2ccccc2)C1. The summed E-state index contributed by atoms with van der Waals surface area (Å²) in [4.78, 5) is 14.8. The summed E-state index contributed by atoms with van der Waals surface area (Å²) in [6.07, 6.45) is 0.792. The van der Waals surface area contributed by atoms with Crippen LogP contribution in [0.5, 0.6) is 0 Å². The Hall–Kier alpha value is -2.95. The average molecular weight is 450 g/mol. The van der Waals surface area contributed by atoms with Gasteiger partial charge in [-0.05, 0) is 23.8 Å². The largest absolute Gasteiger partial charge is 0.340 e. The lowest BCUT2D eigenvalue weighted by Crippen LogP contribution is -2.39. The van der Waals surface area contributed by atoms with Gasteiger partial charge in [0.2, 0.25) is 0 Å². The van der Waals surface area contributed by atoms with Gasteiger partial charge in [-0.3, -0.25) is 0 Å². The van der Waals surface area contributed by atoms with Crippen molar-refractivity contribution >= 4 is 45.8 Å². The number of halogens is 2. The number of benzene rings is 3. The van der Waals surface area contributed by atoms with E-state index in [1.807, 2.05) is 11.0 Å². The van der Waals surface area contributed by atoms with Gasteiger partial charge in [0.25, 0.3) is 0 Å². The third kappa shape index (κ3) is 3.78. The van der Waals surface area contributed by atoms with E-state index in [2.05, 4.69) is 58.4 Å². The van der Waals surface area contributed by atoms with Crippen molar-refractivity contribution in [3.8, 4) is 0 Å². The summed E-state index contributed by atoms with van der Waals surface area (Å²) in [7, 11) is 0. The van der Waals surface area contributed by atoms with E-state index in [1.54, 1.807) is 18.2 Å². The van der Waals surface area contributed by atoms with Crippen molar-refractivity contribution in [3.63, 3.8) is 0 Å². The first-order chi connectivity index (χ1) is 15.1. The maximum absolute atomic E-state index is 13.0. The lowest BCUT2D eigenvalue weighted by molar-refractivity contribution is 0.206. The second-order valence-electron chi connectivity index (χ2n) is 7.71. The lowest BCUT2D eigenvalue weighted by atomic mass is 10.0. The third-order valence-electron chi connectivity index (χ3n) is 5.83. The van der Waals surface area contributed by atoms with Crippen LogP contribution in [0.25, 0.3) is 10.9 Å². The minimum atomic E-state index is -0.194. The van der Waals surface area contributed by atoms with E-state index in [-0.39, 0.29) is 6.03 Å². The number of carbonyl (C=O) groups is 1. The number of anilines is 1. The van der Waals surface area contributed by atoms with Crippen LogP contribution in [0.3, 0.4) is 0 Å². The van der Waals surface area contributed by atoms with Crippen LogP contribution in [-0.4, -0.2) is 22.0 Å². The molecule has 1 N–H and O–H groups in total. The molecule has 156 valence electrons. The van der Waals surface area contributed by atoms with Gasteiger partial charge in [-0.15, -0.1) is 0 Å². The predicted molar refractivity (Wildman–Crippen MR) is 127 cm³/mol. The number of hydrogen-bond donors (Lipinski definition) is 1. The van der Waals surface area contributed by atoms with Crippen LogP contribution in [0, 0.1) is 0 Å². The maximum Gasteiger partial charge on any atom is 0.322 e. The minimum absolute atomic E-state index is 0.194. The highest BCUT2D eigenvalue weighted by Gasteiger charge is 2.27. The average Bonchev–Trinajstić information content (AvgIpc) is 3.10. The molecule has 0 spiro atoms. The summed E-state index contributed by atoms with van der Waals surface area (Å²) in [6, 6.07) is 23.9. The third-order valence-corrected chi connectivity index (χ3v) is 6.46. The number of aromatic nitrogens is 1. The number of amides is 2.